The molecule has 0 aliphatic rings. The molecular weight excluding hydrogens is 482 g/mol. The van der Waals surface area contributed by atoms with E-state index in [9.17, 15) is 19.5 Å². The van der Waals surface area contributed by atoms with E-state index in [0.29, 0.717) is 29.0 Å². The van der Waals surface area contributed by atoms with Crippen LogP contribution in [0, 0.1) is 12.8 Å². The summed E-state index contributed by atoms with van der Waals surface area (Å²) in [6.07, 6.45) is 0.776. The number of fused-ring (bicyclic) bond motifs is 1. The van der Waals surface area contributed by atoms with Crippen molar-refractivity contribution in [1.29, 1.82) is 0 Å². The molecule has 196 valence electrons. The maximum Gasteiger partial charge on any atom is 0.337 e. The summed E-state index contributed by atoms with van der Waals surface area (Å²) in [6.45, 7) is 6.01. The molecule has 1 atom stereocenters. The van der Waals surface area contributed by atoms with Gasteiger partial charge in [-0.15, -0.1) is 0 Å². The quantitative estimate of drug-likeness (QED) is 0.197. The lowest BCUT2D eigenvalue weighted by molar-refractivity contribution is -0.121. The number of H-pyrrole nitrogens is 1. The lowest BCUT2D eigenvalue weighted by atomic mass is 10.0. The van der Waals surface area contributed by atoms with Gasteiger partial charge >= 0.3 is 12.0 Å². The van der Waals surface area contributed by atoms with Crippen molar-refractivity contribution in [3.05, 3.63) is 89.2 Å². The molecular formula is C29H31N5O4. The van der Waals surface area contributed by atoms with Crippen molar-refractivity contribution < 1.29 is 19.5 Å². The van der Waals surface area contributed by atoms with Crippen LogP contribution in [0.4, 0.5) is 16.2 Å². The predicted molar refractivity (Wildman–Crippen MR) is 147 cm³/mol. The molecule has 5 N–H and O–H groups in total. The van der Waals surface area contributed by atoms with Crippen LogP contribution in [-0.2, 0) is 11.2 Å². The lowest BCUT2D eigenvalue weighted by Crippen LogP contribution is -2.31. The minimum atomic E-state index is -1.05. The molecule has 1 unspecified atom stereocenters. The number of hydrogen-bond acceptors (Lipinski definition) is 4. The highest BCUT2D eigenvalue weighted by atomic mass is 16.4. The SMILES string of the molecule is Cc1ccccc1NC(=O)Nc1ccc(CC(=O)NC(CC(C)C)c2nc3c(C(=O)O)cccc3[nH]2)cc1. The van der Waals surface area contributed by atoms with Crippen molar-refractivity contribution in [3.8, 4) is 0 Å². The van der Waals surface area contributed by atoms with Gasteiger partial charge in [0.25, 0.3) is 0 Å². The van der Waals surface area contributed by atoms with E-state index in [4.69, 9.17) is 0 Å². The van der Waals surface area contributed by atoms with Gasteiger partial charge in [0, 0.05) is 11.4 Å². The molecule has 0 saturated heterocycles. The lowest BCUT2D eigenvalue weighted by Gasteiger charge is -2.19. The number of aromatic amines is 1. The predicted octanol–water partition coefficient (Wildman–Crippen LogP) is 5.66. The fraction of sp³-hybridized carbons (Fsp3) is 0.241. The highest BCUT2D eigenvalue weighted by Gasteiger charge is 2.22. The molecule has 38 heavy (non-hydrogen) atoms. The number of urea groups is 1. The summed E-state index contributed by atoms with van der Waals surface area (Å²) in [4.78, 5) is 44.6. The zero-order chi connectivity index (χ0) is 27.2. The number of nitrogens with zero attached hydrogens (tertiary/aromatic N) is 1. The number of aromatic nitrogens is 2. The van der Waals surface area contributed by atoms with E-state index >= 15 is 0 Å². The number of rotatable bonds is 9. The second-order valence-corrected chi connectivity index (χ2v) is 9.65. The standard InChI is InChI=1S/C29H31N5O4/c1-17(2)15-24(27-32-23-10-6-8-21(28(36)37)26(23)34-27)31-25(35)16-19-11-13-20(14-12-19)30-29(38)33-22-9-5-4-7-18(22)3/h4-14,17,24H,15-16H2,1-3H3,(H,31,35)(H,32,34)(H,36,37)(H2,30,33,38). The van der Waals surface area contributed by atoms with Crippen LogP contribution in [-0.4, -0.2) is 33.0 Å². The van der Waals surface area contributed by atoms with Gasteiger partial charge < -0.3 is 26.0 Å². The van der Waals surface area contributed by atoms with Crippen molar-refractivity contribution in [2.45, 2.75) is 39.7 Å². The Balaban J connectivity index is 1.40. The first-order valence-corrected chi connectivity index (χ1v) is 12.4. The van der Waals surface area contributed by atoms with Gasteiger partial charge in [-0.05, 0) is 60.7 Å². The number of carbonyl (C=O) groups excluding carboxylic acids is 2. The Morgan fingerprint density at radius 3 is 2.37 bits per heavy atom. The van der Waals surface area contributed by atoms with Crippen molar-refractivity contribution in [1.82, 2.24) is 15.3 Å². The van der Waals surface area contributed by atoms with Crippen molar-refractivity contribution in [2.24, 2.45) is 5.92 Å². The van der Waals surface area contributed by atoms with E-state index in [2.05, 4.69) is 25.9 Å². The molecule has 0 saturated carbocycles. The van der Waals surface area contributed by atoms with Gasteiger partial charge in [-0.25, -0.2) is 14.6 Å². The van der Waals surface area contributed by atoms with Crippen LogP contribution >= 0.6 is 0 Å². The average Bonchev–Trinajstić information content (AvgIpc) is 3.30. The largest absolute Gasteiger partial charge is 0.478 e. The molecule has 3 aromatic carbocycles. The Bertz CT molecular complexity index is 1460. The van der Waals surface area contributed by atoms with E-state index in [1.165, 1.54) is 6.07 Å². The van der Waals surface area contributed by atoms with Crippen molar-refractivity contribution >= 4 is 40.3 Å². The Morgan fingerprint density at radius 2 is 1.68 bits per heavy atom. The highest BCUT2D eigenvalue weighted by Crippen LogP contribution is 2.24. The molecule has 0 spiro atoms. The second-order valence-electron chi connectivity index (χ2n) is 9.65. The van der Waals surface area contributed by atoms with Gasteiger partial charge in [0.05, 0.1) is 23.5 Å². The van der Waals surface area contributed by atoms with Crippen LogP contribution in [0.1, 0.15) is 53.6 Å². The van der Waals surface area contributed by atoms with Crippen molar-refractivity contribution in [3.63, 3.8) is 0 Å². The molecule has 0 bridgehead atoms. The summed E-state index contributed by atoms with van der Waals surface area (Å²) in [6, 6.07) is 18.8. The zero-order valence-electron chi connectivity index (χ0n) is 21.5. The number of nitrogens with one attached hydrogen (secondary N) is 4. The Hall–Kier alpha value is -4.66. The molecule has 0 aliphatic heterocycles. The van der Waals surface area contributed by atoms with E-state index in [1.807, 2.05) is 45.0 Å². The van der Waals surface area contributed by atoms with E-state index in [0.717, 1.165) is 16.8 Å². The minimum absolute atomic E-state index is 0.112. The molecule has 9 nitrogen and oxygen atoms in total. The molecule has 0 fully saturated rings. The number of carbonyl (C=O) groups is 3. The smallest absolute Gasteiger partial charge is 0.337 e. The average molecular weight is 514 g/mol. The highest BCUT2D eigenvalue weighted by molar-refractivity contribution is 6.01. The van der Waals surface area contributed by atoms with Gasteiger partial charge in [0.15, 0.2) is 0 Å². The van der Waals surface area contributed by atoms with Gasteiger partial charge in [-0.1, -0.05) is 50.2 Å². The van der Waals surface area contributed by atoms with E-state index in [-0.39, 0.29) is 29.8 Å². The molecule has 4 aromatic rings. The number of imidazole rings is 1. The van der Waals surface area contributed by atoms with Crippen LogP contribution in [0.5, 0.6) is 0 Å². The van der Waals surface area contributed by atoms with Gasteiger partial charge in [0.2, 0.25) is 5.91 Å². The number of carboxylic acids is 1. The van der Waals surface area contributed by atoms with Crippen LogP contribution < -0.4 is 16.0 Å². The third-order valence-corrected chi connectivity index (χ3v) is 6.10. The van der Waals surface area contributed by atoms with Crippen LogP contribution in [0.2, 0.25) is 0 Å². The third-order valence-electron chi connectivity index (χ3n) is 6.10. The first kappa shape index (κ1) is 26.4. The minimum Gasteiger partial charge on any atom is -0.478 e. The molecule has 0 aliphatic carbocycles. The molecule has 4 rings (SSSR count). The summed E-state index contributed by atoms with van der Waals surface area (Å²) in [7, 11) is 0. The van der Waals surface area contributed by atoms with Gasteiger partial charge in [0.1, 0.15) is 11.3 Å². The van der Waals surface area contributed by atoms with Crippen LogP contribution in [0.25, 0.3) is 11.0 Å². The van der Waals surface area contributed by atoms with E-state index < -0.39 is 12.0 Å². The number of aryl methyl sites for hydroxylation is 1. The Morgan fingerprint density at radius 1 is 0.947 bits per heavy atom. The number of anilines is 2. The van der Waals surface area contributed by atoms with E-state index in [1.54, 1.807) is 36.4 Å². The zero-order valence-corrected chi connectivity index (χ0v) is 21.5. The molecule has 9 heteroatoms. The number of benzene rings is 3. The maximum atomic E-state index is 12.9. The van der Waals surface area contributed by atoms with Gasteiger partial charge in [-0.2, -0.15) is 0 Å². The van der Waals surface area contributed by atoms with Crippen LogP contribution in [0.15, 0.2) is 66.7 Å². The fourth-order valence-electron chi connectivity index (χ4n) is 4.23. The fourth-order valence-corrected chi connectivity index (χ4v) is 4.23. The summed E-state index contributed by atoms with van der Waals surface area (Å²) in [5.41, 5.74) is 4.18. The molecule has 1 aromatic heterocycles. The summed E-state index contributed by atoms with van der Waals surface area (Å²) < 4.78 is 0. The summed E-state index contributed by atoms with van der Waals surface area (Å²) in [5, 5.41) is 18.1. The number of amides is 3. The Labute approximate surface area is 220 Å². The first-order chi connectivity index (χ1) is 18.2. The summed E-state index contributed by atoms with van der Waals surface area (Å²) in [5.74, 6) is -0.449. The topological polar surface area (TPSA) is 136 Å². The number of para-hydroxylation sites is 2. The Kier molecular flexibility index (Phi) is 8.06. The molecule has 0 radical (unpaired) electrons. The monoisotopic (exact) mass is 513 g/mol. The van der Waals surface area contributed by atoms with Gasteiger partial charge in [-0.3, -0.25) is 4.79 Å². The molecule has 3 amide bonds. The second kappa shape index (κ2) is 11.6. The number of carboxylic acid groups (broad SMARTS) is 1. The number of hydrogen-bond donors (Lipinski definition) is 5. The van der Waals surface area contributed by atoms with Crippen molar-refractivity contribution in [2.75, 3.05) is 10.6 Å². The summed E-state index contributed by atoms with van der Waals surface area (Å²) >= 11 is 0. The van der Waals surface area contributed by atoms with Crippen LogP contribution in [0.3, 0.4) is 0 Å². The normalized spacial score (nSPS) is 11.8. The molecule has 1 heterocycles. The maximum absolute atomic E-state index is 12.9. The first-order valence-electron chi connectivity index (χ1n) is 12.4. The third kappa shape index (κ3) is 6.56. The number of aromatic carboxylic acids is 1.